The number of nitrogens with zero attached hydrogens (tertiary/aromatic N) is 2. The SMILES string of the molecule is Cc1cnc(N)nc1NCCC1CCCC1. The molecule has 0 atom stereocenters. The van der Waals surface area contributed by atoms with Crippen molar-refractivity contribution in [1.82, 2.24) is 9.97 Å². The number of aromatic nitrogens is 2. The average molecular weight is 220 g/mol. The van der Waals surface area contributed by atoms with Gasteiger partial charge in [-0.2, -0.15) is 4.98 Å². The number of nitrogens with one attached hydrogen (secondary N) is 1. The lowest BCUT2D eigenvalue weighted by Gasteiger charge is -2.11. The number of anilines is 2. The molecule has 1 aliphatic carbocycles. The Kier molecular flexibility index (Phi) is 3.59. The maximum atomic E-state index is 5.56. The van der Waals surface area contributed by atoms with Crippen LogP contribution in [0.15, 0.2) is 6.20 Å². The quantitative estimate of drug-likeness (QED) is 0.817. The molecule has 0 radical (unpaired) electrons. The summed E-state index contributed by atoms with van der Waals surface area (Å²) in [4.78, 5) is 8.14. The summed E-state index contributed by atoms with van der Waals surface area (Å²) in [6.45, 7) is 2.99. The summed E-state index contributed by atoms with van der Waals surface area (Å²) >= 11 is 0. The van der Waals surface area contributed by atoms with E-state index in [-0.39, 0.29) is 0 Å². The van der Waals surface area contributed by atoms with Crippen molar-refractivity contribution in [1.29, 1.82) is 0 Å². The number of nitrogen functional groups attached to an aromatic ring is 1. The molecule has 0 unspecified atom stereocenters. The van der Waals surface area contributed by atoms with Gasteiger partial charge in [0.25, 0.3) is 0 Å². The summed E-state index contributed by atoms with van der Waals surface area (Å²) in [5.41, 5.74) is 6.62. The van der Waals surface area contributed by atoms with Crippen molar-refractivity contribution in [2.24, 2.45) is 5.92 Å². The summed E-state index contributed by atoms with van der Waals surface area (Å²) in [5, 5.41) is 3.35. The van der Waals surface area contributed by atoms with Gasteiger partial charge in [0.15, 0.2) is 0 Å². The summed E-state index contributed by atoms with van der Waals surface area (Å²) in [6.07, 6.45) is 8.61. The molecule has 16 heavy (non-hydrogen) atoms. The minimum absolute atomic E-state index is 0.342. The fourth-order valence-corrected chi connectivity index (χ4v) is 2.33. The first-order valence-corrected chi connectivity index (χ1v) is 6.08. The molecule has 0 saturated heterocycles. The summed E-state index contributed by atoms with van der Waals surface area (Å²) in [5.74, 6) is 2.13. The minimum Gasteiger partial charge on any atom is -0.370 e. The van der Waals surface area contributed by atoms with Crippen molar-refractivity contribution < 1.29 is 0 Å². The van der Waals surface area contributed by atoms with Crippen LogP contribution < -0.4 is 11.1 Å². The van der Waals surface area contributed by atoms with Gasteiger partial charge in [-0.3, -0.25) is 0 Å². The van der Waals surface area contributed by atoms with E-state index in [9.17, 15) is 0 Å². The Morgan fingerprint density at radius 1 is 1.44 bits per heavy atom. The Labute approximate surface area is 96.7 Å². The Morgan fingerprint density at radius 3 is 2.94 bits per heavy atom. The predicted molar refractivity (Wildman–Crippen MR) is 66.2 cm³/mol. The van der Waals surface area contributed by atoms with Crippen LogP contribution in [-0.4, -0.2) is 16.5 Å². The highest BCUT2D eigenvalue weighted by atomic mass is 15.1. The van der Waals surface area contributed by atoms with Gasteiger partial charge in [-0.25, -0.2) is 4.98 Å². The van der Waals surface area contributed by atoms with Crippen LogP contribution in [0.25, 0.3) is 0 Å². The Balaban J connectivity index is 1.82. The van der Waals surface area contributed by atoms with Crippen LogP contribution in [0.5, 0.6) is 0 Å². The van der Waals surface area contributed by atoms with Crippen LogP contribution in [0.4, 0.5) is 11.8 Å². The molecule has 0 aliphatic heterocycles. The van der Waals surface area contributed by atoms with Gasteiger partial charge in [-0.05, 0) is 19.3 Å². The molecule has 2 rings (SSSR count). The molecular formula is C12H20N4. The van der Waals surface area contributed by atoms with E-state index in [1.165, 1.54) is 32.1 Å². The van der Waals surface area contributed by atoms with E-state index in [1.54, 1.807) is 6.20 Å². The zero-order valence-corrected chi connectivity index (χ0v) is 9.87. The summed E-state index contributed by atoms with van der Waals surface area (Å²) in [7, 11) is 0. The third kappa shape index (κ3) is 2.84. The number of hydrogen-bond donors (Lipinski definition) is 2. The lowest BCUT2D eigenvalue weighted by molar-refractivity contribution is 0.518. The Hall–Kier alpha value is -1.32. The Bertz CT molecular complexity index is 345. The molecule has 1 saturated carbocycles. The largest absolute Gasteiger partial charge is 0.370 e. The highest BCUT2D eigenvalue weighted by Crippen LogP contribution is 2.27. The summed E-state index contributed by atoms with van der Waals surface area (Å²) < 4.78 is 0. The normalized spacial score (nSPS) is 16.6. The molecule has 3 N–H and O–H groups in total. The van der Waals surface area contributed by atoms with E-state index in [1.807, 2.05) is 6.92 Å². The molecule has 88 valence electrons. The van der Waals surface area contributed by atoms with Gasteiger partial charge < -0.3 is 11.1 Å². The number of aryl methyl sites for hydroxylation is 1. The smallest absolute Gasteiger partial charge is 0.221 e. The van der Waals surface area contributed by atoms with Crippen molar-refractivity contribution in [3.63, 3.8) is 0 Å². The van der Waals surface area contributed by atoms with Crippen molar-refractivity contribution in [2.45, 2.75) is 39.0 Å². The third-order valence-electron chi connectivity index (χ3n) is 3.31. The minimum atomic E-state index is 0.342. The van der Waals surface area contributed by atoms with Crippen molar-refractivity contribution >= 4 is 11.8 Å². The third-order valence-corrected chi connectivity index (χ3v) is 3.31. The molecule has 1 aliphatic rings. The van der Waals surface area contributed by atoms with Crippen molar-refractivity contribution in [3.8, 4) is 0 Å². The molecule has 1 aromatic rings. The standard InChI is InChI=1S/C12H20N4/c1-9-8-15-12(13)16-11(9)14-7-6-10-4-2-3-5-10/h8,10H,2-7H2,1H3,(H3,13,14,15,16). The van der Waals surface area contributed by atoms with Gasteiger partial charge >= 0.3 is 0 Å². The fourth-order valence-electron chi connectivity index (χ4n) is 2.33. The molecule has 1 aromatic heterocycles. The second-order valence-corrected chi connectivity index (χ2v) is 4.63. The first-order chi connectivity index (χ1) is 7.75. The van der Waals surface area contributed by atoms with Gasteiger partial charge in [0.05, 0.1) is 0 Å². The van der Waals surface area contributed by atoms with Crippen LogP contribution in [0.1, 0.15) is 37.7 Å². The first-order valence-electron chi connectivity index (χ1n) is 6.08. The van der Waals surface area contributed by atoms with Gasteiger partial charge in [-0.15, -0.1) is 0 Å². The second-order valence-electron chi connectivity index (χ2n) is 4.63. The molecule has 0 amide bonds. The van der Waals surface area contributed by atoms with Crippen LogP contribution in [0, 0.1) is 12.8 Å². The van der Waals surface area contributed by atoms with E-state index in [2.05, 4.69) is 15.3 Å². The number of hydrogen-bond acceptors (Lipinski definition) is 4. The molecule has 1 fully saturated rings. The van der Waals surface area contributed by atoms with Gasteiger partial charge in [0, 0.05) is 18.3 Å². The first kappa shape index (κ1) is 11.2. The van der Waals surface area contributed by atoms with Crippen LogP contribution in [0.2, 0.25) is 0 Å². The predicted octanol–water partition coefficient (Wildman–Crippen LogP) is 2.36. The molecular weight excluding hydrogens is 200 g/mol. The van der Waals surface area contributed by atoms with E-state index < -0.39 is 0 Å². The fraction of sp³-hybridized carbons (Fsp3) is 0.667. The molecule has 0 aromatic carbocycles. The zero-order valence-electron chi connectivity index (χ0n) is 9.87. The molecule has 1 heterocycles. The summed E-state index contributed by atoms with van der Waals surface area (Å²) in [6, 6.07) is 0. The number of rotatable bonds is 4. The van der Waals surface area contributed by atoms with Gasteiger partial charge in [0.1, 0.15) is 5.82 Å². The van der Waals surface area contributed by atoms with Crippen molar-refractivity contribution in [2.75, 3.05) is 17.6 Å². The maximum absolute atomic E-state index is 5.56. The van der Waals surface area contributed by atoms with Crippen LogP contribution >= 0.6 is 0 Å². The topological polar surface area (TPSA) is 63.8 Å². The van der Waals surface area contributed by atoms with Crippen molar-refractivity contribution in [3.05, 3.63) is 11.8 Å². The molecule has 0 bridgehead atoms. The molecule has 4 heteroatoms. The second kappa shape index (κ2) is 5.14. The molecule has 4 nitrogen and oxygen atoms in total. The Morgan fingerprint density at radius 2 is 2.19 bits per heavy atom. The highest BCUT2D eigenvalue weighted by Gasteiger charge is 2.14. The van der Waals surface area contributed by atoms with Crippen LogP contribution in [-0.2, 0) is 0 Å². The van der Waals surface area contributed by atoms with Gasteiger partial charge in [-0.1, -0.05) is 25.7 Å². The monoisotopic (exact) mass is 220 g/mol. The maximum Gasteiger partial charge on any atom is 0.221 e. The van der Waals surface area contributed by atoms with E-state index >= 15 is 0 Å². The highest BCUT2D eigenvalue weighted by molar-refractivity contribution is 5.44. The van der Waals surface area contributed by atoms with Crippen LogP contribution in [0.3, 0.4) is 0 Å². The van der Waals surface area contributed by atoms with E-state index in [0.29, 0.717) is 5.95 Å². The molecule has 0 spiro atoms. The lowest BCUT2D eigenvalue weighted by Crippen LogP contribution is -2.10. The average Bonchev–Trinajstić information content (AvgIpc) is 2.76. The number of nitrogens with two attached hydrogens (primary N) is 1. The lowest BCUT2D eigenvalue weighted by atomic mass is 10.0. The van der Waals surface area contributed by atoms with E-state index in [0.717, 1.165) is 23.8 Å². The van der Waals surface area contributed by atoms with Gasteiger partial charge in [0.2, 0.25) is 5.95 Å². The zero-order chi connectivity index (χ0) is 11.4. The van der Waals surface area contributed by atoms with E-state index in [4.69, 9.17) is 5.73 Å².